The van der Waals surface area contributed by atoms with E-state index >= 15 is 0 Å². The van der Waals surface area contributed by atoms with Crippen LogP contribution in [0.4, 0.5) is 4.79 Å². The van der Waals surface area contributed by atoms with E-state index in [-0.39, 0.29) is 24.5 Å². The number of nitrogens with two attached hydrogens (primary N) is 1. The Kier molecular flexibility index (Phi) is 6.58. The number of methoxy groups -OCH3 is 1. The monoisotopic (exact) mass is 273 g/mol. The SMILES string of the molecule is COCC(CCO)NC(=O)C1CCCN(C(N)=O)C1. The van der Waals surface area contributed by atoms with Gasteiger partial charge in [-0.05, 0) is 19.3 Å². The number of hydrogen-bond donors (Lipinski definition) is 3. The van der Waals surface area contributed by atoms with Crippen LogP contribution in [0.5, 0.6) is 0 Å². The summed E-state index contributed by atoms with van der Waals surface area (Å²) >= 11 is 0. The molecule has 1 aliphatic heterocycles. The fourth-order valence-corrected chi connectivity index (χ4v) is 2.26. The first-order valence-corrected chi connectivity index (χ1v) is 6.53. The average Bonchev–Trinajstić information content (AvgIpc) is 2.39. The summed E-state index contributed by atoms with van der Waals surface area (Å²) in [5.74, 6) is -0.347. The molecule has 1 aliphatic rings. The van der Waals surface area contributed by atoms with E-state index in [1.54, 1.807) is 7.11 Å². The number of nitrogens with zero attached hydrogens (tertiary/aromatic N) is 1. The zero-order chi connectivity index (χ0) is 14.3. The van der Waals surface area contributed by atoms with Gasteiger partial charge in [-0.15, -0.1) is 0 Å². The van der Waals surface area contributed by atoms with Crippen LogP contribution in [0.25, 0.3) is 0 Å². The molecule has 3 amide bonds. The zero-order valence-corrected chi connectivity index (χ0v) is 11.3. The van der Waals surface area contributed by atoms with Crippen molar-refractivity contribution in [2.24, 2.45) is 11.7 Å². The molecule has 0 radical (unpaired) electrons. The van der Waals surface area contributed by atoms with Gasteiger partial charge in [-0.2, -0.15) is 0 Å². The second kappa shape index (κ2) is 7.96. The summed E-state index contributed by atoms with van der Waals surface area (Å²) in [4.78, 5) is 24.7. The Morgan fingerprint density at radius 3 is 2.89 bits per heavy atom. The maximum absolute atomic E-state index is 12.1. The highest BCUT2D eigenvalue weighted by molar-refractivity contribution is 5.80. The molecule has 0 spiro atoms. The number of aliphatic hydroxyl groups is 1. The quantitative estimate of drug-likeness (QED) is 0.594. The molecule has 0 aromatic heterocycles. The number of nitrogens with one attached hydrogen (secondary N) is 1. The number of primary amides is 1. The highest BCUT2D eigenvalue weighted by Crippen LogP contribution is 2.16. The number of rotatable bonds is 6. The van der Waals surface area contributed by atoms with Gasteiger partial charge in [0, 0.05) is 26.8 Å². The Labute approximate surface area is 113 Å². The van der Waals surface area contributed by atoms with Gasteiger partial charge in [0.05, 0.1) is 18.6 Å². The lowest BCUT2D eigenvalue weighted by Gasteiger charge is -2.31. The Hall–Kier alpha value is -1.34. The molecule has 0 aliphatic carbocycles. The number of hydrogen-bond acceptors (Lipinski definition) is 4. The number of piperidine rings is 1. The van der Waals surface area contributed by atoms with E-state index in [2.05, 4.69) is 5.32 Å². The van der Waals surface area contributed by atoms with E-state index in [1.807, 2.05) is 0 Å². The first-order chi connectivity index (χ1) is 9.08. The van der Waals surface area contributed by atoms with Gasteiger partial charge in [-0.25, -0.2) is 4.79 Å². The Morgan fingerprint density at radius 1 is 1.58 bits per heavy atom. The first-order valence-electron chi connectivity index (χ1n) is 6.53. The Morgan fingerprint density at radius 2 is 2.32 bits per heavy atom. The molecule has 1 rings (SSSR count). The third-order valence-electron chi connectivity index (χ3n) is 3.30. The average molecular weight is 273 g/mol. The van der Waals surface area contributed by atoms with Gasteiger partial charge in [0.2, 0.25) is 5.91 Å². The Bertz CT molecular complexity index is 305. The summed E-state index contributed by atoms with van der Waals surface area (Å²) < 4.78 is 4.99. The number of likely N-dealkylation sites (tertiary alicyclic amines) is 1. The van der Waals surface area contributed by atoms with Crippen LogP contribution in [0.1, 0.15) is 19.3 Å². The molecule has 7 heteroatoms. The van der Waals surface area contributed by atoms with Crippen LogP contribution in [0, 0.1) is 5.92 Å². The molecule has 1 saturated heterocycles. The molecular formula is C12H23N3O4. The molecule has 19 heavy (non-hydrogen) atoms. The fourth-order valence-electron chi connectivity index (χ4n) is 2.26. The van der Waals surface area contributed by atoms with E-state index in [1.165, 1.54) is 4.90 Å². The summed E-state index contributed by atoms with van der Waals surface area (Å²) in [6.07, 6.45) is 1.97. The second-order valence-corrected chi connectivity index (χ2v) is 4.80. The summed E-state index contributed by atoms with van der Waals surface area (Å²) in [6.45, 7) is 1.32. The molecule has 7 nitrogen and oxygen atoms in total. The van der Waals surface area contributed by atoms with Gasteiger partial charge in [0.1, 0.15) is 0 Å². The molecule has 1 fully saturated rings. The van der Waals surface area contributed by atoms with Gasteiger partial charge >= 0.3 is 6.03 Å². The van der Waals surface area contributed by atoms with Crippen LogP contribution in [-0.2, 0) is 9.53 Å². The maximum atomic E-state index is 12.1. The number of urea groups is 1. The smallest absolute Gasteiger partial charge is 0.314 e. The van der Waals surface area contributed by atoms with Crippen molar-refractivity contribution in [3.63, 3.8) is 0 Å². The maximum Gasteiger partial charge on any atom is 0.314 e. The molecule has 0 aromatic carbocycles. The number of ether oxygens (including phenoxy) is 1. The predicted octanol–water partition coefficient (Wildman–Crippen LogP) is -0.709. The van der Waals surface area contributed by atoms with Crippen LogP contribution in [0.15, 0.2) is 0 Å². The van der Waals surface area contributed by atoms with Crippen molar-refractivity contribution < 1.29 is 19.4 Å². The second-order valence-electron chi connectivity index (χ2n) is 4.80. The lowest BCUT2D eigenvalue weighted by molar-refractivity contribution is -0.127. The molecule has 4 N–H and O–H groups in total. The molecule has 110 valence electrons. The lowest BCUT2D eigenvalue weighted by atomic mass is 9.97. The summed E-state index contributed by atoms with van der Waals surface area (Å²) in [7, 11) is 1.55. The molecular weight excluding hydrogens is 250 g/mol. The lowest BCUT2D eigenvalue weighted by Crippen LogP contribution is -2.49. The van der Waals surface area contributed by atoms with Crippen molar-refractivity contribution in [1.29, 1.82) is 0 Å². The summed E-state index contributed by atoms with van der Waals surface area (Å²) in [5, 5.41) is 11.8. The van der Waals surface area contributed by atoms with Crippen molar-refractivity contribution >= 4 is 11.9 Å². The Balaban J connectivity index is 2.49. The predicted molar refractivity (Wildman–Crippen MR) is 69.4 cm³/mol. The van der Waals surface area contributed by atoms with Crippen LogP contribution in [0.3, 0.4) is 0 Å². The van der Waals surface area contributed by atoms with E-state index in [0.29, 0.717) is 26.1 Å². The van der Waals surface area contributed by atoms with Crippen molar-refractivity contribution in [1.82, 2.24) is 10.2 Å². The van der Waals surface area contributed by atoms with Crippen LogP contribution in [0.2, 0.25) is 0 Å². The largest absolute Gasteiger partial charge is 0.396 e. The first kappa shape index (κ1) is 15.7. The van der Waals surface area contributed by atoms with Gasteiger partial charge in [0.25, 0.3) is 0 Å². The highest BCUT2D eigenvalue weighted by Gasteiger charge is 2.28. The van der Waals surface area contributed by atoms with Crippen LogP contribution >= 0.6 is 0 Å². The normalized spacial score (nSPS) is 20.9. The number of aliphatic hydroxyl groups excluding tert-OH is 1. The van der Waals surface area contributed by atoms with E-state index in [9.17, 15) is 9.59 Å². The number of amides is 3. The standard InChI is InChI=1S/C12H23N3O4/c1-19-8-10(4-6-16)14-11(17)9-3-2-5-15(7-9)12(13)18/h9-10,16H,2-8H2,1H3,(H2,13,18)(H,14,17). The third kappa shape index (κ3) is 5.04. The summed E-state index contributed by atoms with van der Waals surface area (Å²) in [5.41, 5.74) is 5.23. The number of carbonyl (C=O) groups is 2. The molecule has 0 aromatic rings. The van der Waals surface area contributed by atoms with E-state index in [0.717, 1.165) is 12.8 Å². The number of carbonyl (C=O) groups excluding carboxylic acids is 2. The van der Waals surface area contributed by atoms with Crippen molar-refractivity contribution in [3.8, 4) is 0 Å². The fraction of sp³-hybridized carbons (Fsp3) is 0.833. The minimum atomic E-state index is -0.485. The van der Waals surface area contributed by atoms with Gasteiger partial charge in [-0.3, -0.25) is 4.79 Å². The topological polar surface area (TPSA) is 105 Å². The molecule has 2 unspecified atom stereocenters. The van der Waals surface area contributed by atoms with Crippen molar-refractivity contribution in [3.05, 3.63) is 0 Å². The van der Waals surface area contributed by atoms with Crippen LogP contribution < -0.4 is 11.1 Å². The van der Waals surface area contributed by atoms with Crippen LogP contribution in [-0.4, -0.2) is 61.4 Å². The molecule has 0 bridgehead atoms. The summed E-state index contributed by atoms with van der Waals surface area (Å²) in [6, 6.07) is -0.687. The zero-order valence-electron chi connectivity index (χ0n) is 11.3. The molecule has 0 saturated carbocycles. The third-order valence-corrected chi connectivity index (χ3v) is 3.30. The minimum Gasteiger partial charge on any atom is -0.396 e. The molecule has 1 heterocycles. The molecule has 2 atom stereocenters. The van der Waals surface area contributed by atoms with Crippen molar-refractivity contribution in [2.45, 2.75) is 25.3 Å². The van der Waals surface area contributed by atoms with Gasteiger partial charge in [0.15, 0.2) is 0 Å². The van der Waals surface area contributed by atoms with Crippen molar-refractivity contribution in [2.75, 3.05) is 33.4 Å². The highest BCUT2D eigenvalue weighted by atomic mass is 16.5. The van der Waals surface area contributed by atoms with E-state index < -0.39 is 6.03 Å². The minimum absolute atomic E-state index is 0.00756. The van der Waals surface area contributed by atoms with E-state index in [4.69, 9.17) is 15.6 Å². The van der Waals surface area contributed by atoms with Gasteiger partial charge < -0.3 is 25.8 Å². The van der Waals surface area contributed by atoms with Gasteiger partial charge in [-0.1, -0.05) is 0 Å².